The summed E-state index contributed by atoms with van der Waals surface area (Å²) in [5.74, 6) is 0. The van der Waals surface area contributed by atoms with Gasteiger partial charge >= 0.3 is 0 Å². The third kappa shape index (κ3) is 2.12. The first-order valence-electron chi connectivity index (χ1n) is 4.38. The molecule has 1 aromatic heterocycles. The van der Waals surface area contributed by atoms with Gasteiger partial charge in [0.25, 0.3) is 0 Å². The average Bonchev–Trinajstić information content (AvgIpc) is 2.69. The summed E-state index contributed by atoms with van der Waals surface area (Å²) >= 11 is 10.9. The van der Waals surface area contributed by atoms with Gasteiger partial charge in [-0.1, -0.05) is 17.7 Å². The van der Waals surface area contributed by atoms with Gasteiger partial charge in [0, 0.05) is 0 Å². The van der Waals surface area contributed by atoms with Crippen LogP contribution in [0.5, 0.6) is 0 Å². The van der Waals surface area contributed by atoms with E-state index in [-0.39, 0.29) is 5.11 Å². The zero-order chi connectivity index (χ0) is 11.5. The number of benzene rings is 1. The molecule has 7 heteroatoms. The van der Waals surface area contributed by atoms with E-state index in [4.69, 9.17) is 29.6 Å². The molecule has 0 saturated carbocycles. The number of nitrogens with two attached hydrogens (primary N) is 1. The molecule has 0 aliphatic heterocycles. The van der Waals surface area contributed by atoms with Gasteiger partial charge in [0.15, 0.2) is 5.11 Å². The van der Waals surface area contributed by atoms with Crippen molar-refractivity contribution in [3.63, 3.8) is 0 Å². The van der Waals surface area contributed by atoms with Crippen molar-refractivity contribution in [2.24, 2.45) is 5.73 Å². The lowest BCUT2D eigenvalue weighted by Gasteiger charge is -2.11. The van der Waals surface area contributed by atoms with Gasteiger partial charge in [0.1, 0.15) is 18.3 Å². The lowest BCUT2D eigenvalue weighted by atomic mass is 10.2. The molecule has 0 unspecified atom stereocenters. The molecule has 82 valence electrons. The van der Waals surface area contributed by atoms with Crippen LogP contribution in [0.15, 0.2) is 30.9 Å². The Morgan fingerprint density at radius 3 is 2.94 bits per heavy atom. The van der Waals surface area contributed by atoms with Crippen molar-refractivity contribution in [1.29, 1.82) is 0 Å². The maximum absolute atomic E-state index is 6.09. The van der Waals surface area contributed by atoms with Crippen LogP contribution in [0.25, 0.3) is 5.69 Å². The van der Waals surface area contributed by atoms with Crippen LogP contribution < -0.4 is 11.1 Å². The summed E-state index contributed by atoms with van der Waals surface area (Å²) in [7, 11) is 0. The number of rotatable bonds is 2. The summed E-state index contributed by atoms with van der Waals surface area (Å²) in [5, 5.41) is 7.55. The highest BCUT2D eigenvalue weighted by molar-refractivity contribution is 7.80. The summed E-state index contributed by atoms with van der Waals surface area (Å²) in [4.78, 5) is 3.86. The first-order valence-corrected chi connectivity index (χ1v) is 5.17. The Hall–Kier alpha value is -1.66. The monoisotopic (exact) mass is 253 g/mol. The minimum absolute atomic E-state index is 0.170. The number of nitrogens with zero attached hydrogens (tertiary/aromatic N) is 3. The van der Waals surface area contributed by atoms with Crippen molar-refractivity contribution in [3.05, 3.63) is 35.9 Å². The Balaban J connectivity index is 2.53. The Bertz CT molecular complexity index is 511. The van der Waals surface area contributed by atoms with Crippen molar-refractivity contribution in [2.45, 2.75) is 0 Å². The largest absolute Gasteiger partial charge is 0.376 e. The van der Waals surface area contributed by atoms with Crippen LogP contribution >= 0.6 is 23.8 Å². The second-order valence-electron chi connectivity index (χ2n) is 2.97. The number of aromatic nitrogens is 3. The fraction of sp³-hybridized carbons (Fsp3) is 0. The standard InChI is InChI=1S/C9H8ClN5S/c10-6-2-1-3-7(14-9(11)16)8(6)15-5-12-4-13-15/h1-5H,(H3,11,14,16). The third-order valence-electron chi connectivity index (χ3n) is 1.89. The number of hydrogen-bond acceptors (Lipinski definition) is 3. The molecule has 2 aromatic rings. The van der Waals surface area contributed by atoms with Crippen LogP contribution in [-0.4, -0.2) is 19.9 Å². The van der Waals surface area contributed by atoms with Crippen molar-refractivity contribution in [3.8, 4) is 5.69 Å². The highest BCUT2D eigenvalue weighted by atomic mass is 35.5. The van der Waals surface area contributed by atoms with E-state index in [2.05, 4.69) is 15.4 Å². The van der Waals surface area contributed by atoms with Crippen molar-refractivity contribution in [1.82, 2.24) is 14.8 Å². The Kier molecular flexibility index (Phi) is 3.02. The predicted molar refractivity (Wildman–Crippen MR) is 66.8 cm³/mol. The Morgan fingerprint density at radius 2 is 2.31 bits per heavy atom. The second-order valence-corrected chi connectivity index (χ2v) is 3.81. The molecule has 0 aliphatic carbocycles. The van der Waals surface area contributed by atoms with Gasteiger partial charge in [-0.25, -0.2) is 9.67 Å². The maximum Gasteiger partial charge on any atom is 0.168 e. The molecule has 0 radical (unpaired) electrons. The number of anilines is 1. The van der Waals surface area contributed by atoms with Crippen LogP contribution in [0.3, 0.4) is 0 Å². The highest BCUT2D eigenvalue weighted by Gasteiger charge is 2.09. The normalized spacial score (nSPS) is 10.1. The van der Waals surface area contributed by atoms with Crippen molar-refractivity contribution in [2.75, 3.05) is 5.32 Å². The Morgan fingerprint density at radius 1 is 1.50 bits per heavy atom. The minimum Gasteiger partial charge on any atom is -0.376 e. The van der Waals surface area contributed by atoms with Gasteiger partial charge < -0.3 is 11.1 Å². The summed E-state index contributed by atoms with van der Waals surface area (Å²) in [5.41, 5.74) is 6.78. The molecule has 1 aromatic carbocycles. The van der Waals surface area contributed by atoms with Crippen LogP contribution in [0.1, 0.15) is 0 Å². The van der Waals surface area contributed by atoms with E-state index in [1.165, 1.54) is 6.33 Å². The zero-order valence-electron chi connectivity index (χ0n) is 8.09. The first-order chi connectivity index (χ1) is 7.68. The number of nitrogens with one attached hydrogen (secondary N) is 1. The number of halogens is 1. The lowest BCUT2D eigenvalue weighted by Crippen LogP contribution is -2.20. The molecule has 0 saturated heterocycles. The number of hydrogen-bond donors (Lipinski definition) is 2. The molecule has 0 fully saturated rings. The predicted octanol–water partition coefficient (Wildman–Crippen LogP) is 1.58. The molecule has 16 heavy (non-hydrogen) atoms. The van der Waals surface area contributed by atoms with E-state index >= 15 is 0 Å². The van der Waals surface area contributed by atoms with Crippen LogP contribution in [0.4, 0.5) is 5.69 Å². The van der Waals surface area contributed by atoms with Crippen molar-refractivity contribution < 1.29 is 0 Å². The van der Waals surface area contributed by atoms with E-state index in [1.807, 2.05) is 6.07 Å². The van der Waals surface area contributed by atoms with E-state index in [0.29, 0.717) is 16.4 Å². The molecule has 0 amide bonds. The summed E-state index contributed by atoms with van der Waals surface area (Å²) in [6.07, 6.45) is 2.97. The molecule has 2 rings (SSSR count). The van der Waals surface area contributed by atoms with E-state index in [9.17, 15) is 0 Å². The topological polar surface area (TPSA) is 68.8 Å². The van der Waals surface area contributed by atoms with Gasteiger partial charge in [-0.05, 0) is 24.4 Å². The Labute approximate surface area is 102 Å². The molecule has 0 atom stereocenters. The third-order valence-corrected chi connectivity index (χ3v) is 2.30. The summed E-state index contributed by atoms with van der Waals surface area (Å²) < 4.78 is 1.54. The minimum atomic E-state index is 0.170. The molecule has 1 heterocycles. The van der Waals surface area contributed by atoms with Gasteiger partial charge in [-0.3, -0.25) is 0 Å². The van der Waals surface area contributed by atoms with Gasteiger partial charge in [0.05, 0.1) is 10.7 Å². The number of thiocarbonyl (C=S) groups is 1. The quantitative estimate of drug-likeness (QED) is 0.796. The van der Waals surface area contributed by atoms with Crippen LogP contribution in [0, 0.1) is 0 Å². The fourth-order valence-electron chi connectivity index (χ4n) is 1.31. The molecule has 5 nitrogen and oxygen atoms in total. The van der Waals surface area contributed by atoms with E-state index in [1.54, 1.807) is 23.1 Å². The number of para-hydroxylation sites is 1. The van der Waals surface area contributed by atoms with Gasteiger partial charge in [-0.2, -0.15) is 5.10 Å². The molecule has 3 N–H and O–H groups in total. The van der Waals surface area contributed by atoms with E-state index in [0.717, 1.165) is 0 Å². The van der Waals surface area contributed by atoms with Crippen LogP contribution in [0.2, 0.25) is 5.02 Å². The summed E-state index contributed by atoms with van der Waals surface area (Å²) in [6.45, 7) is 0. The zero-order valence-corrected chi connectivity index (χ0v) is 9.66. The molecular formula is C9H8ClN5S. The lowest BCUT2D eigenvalue weighted by molar-refractivity contribution is 0.881. The maximum atomic E-state index is 6.09. The smallest absolute Gasteiger partial charge is 0.168 e. The van der Waals surface area contributed by atoms with Crippen molar-refractivity contribution >= 4 is 34.6 Å². The molecule has 0 spiro atoms. The average molecular weight is 254 g/mol. The molecule has 0 aliphatic rings. The van der Waals surface area contributed by atoms with Gasteiger partial charge in [-0.15, -0.1) is 0 Å². The fourth-order valence-corrected chi connectivity index (χ4v) is 1.68. The molecular weight excluding hydrogens is 246 g/mol. The van der Waals surface area contributed by atoms with E-state index < -0.39 is 0 Å². The van der Waals surface area contributed by atoms with Gasteiger partial charge in [0.2, 0.25) is 0 Å². The SMILES string of the molecule is NC(=S)Nc1cccc(Cl)c1-n1cncn1. The molecule has 0 bridgehead atoms. The first kappa shape index (κ1) is 10.8. The van der Waals surface area contributed by atoms with Crippen LogP contribution in [-0.2, 0) is 0 Å². The highest BCUT2D eigenvalue weighted by Crippen LogP contribution is 2.27. The second kappa shape index (κ2) is 4.46. The summed E-state index contributed by atoms with van der Waals surface area (Å²) in [6, 6.07) is 5.36.